The number of rotatable bonds is 4. The topological polar surface area (TPSA) is 42.0 Å². The molecule has 2 aromatic rings. The monoisotopic (exact) mass is 272 g/mol. The average molecular weight is 272 g/mol. The Morgan fingerprint density at radius 3 is 2.75 bits per heavy atom. The highest BCUT2D eigenvalue weighted by atomic mass is 19.1. The van der Waals surface area contributed by atoms with Crippen molar-refractivity contribution in [1.29, 1.82) is 0 Å². The molecule has 2 rings (SSSR count). The Kier molecular flexibility index (Phi) is 4.45. The summed E-state index contributed by atoms with van der Waals surface area (Å²) in [6.07, 6.45) is 2.09. The zero-order valence-electron chi connectivity index (χ0n) is 11.6. The Morgan fingerprint density at radius 1 is 1.25 bits per heavy atom. The van der Waals surface area contributed by atoms with Gasteiger partial charge in [0.15, 0.2) is 0 Å². The lowest BCUT2D eigenvalue weighted by Crippen LogP contribution is -2.26. The number of nitrogens with zero attached hydrogens (tertiary/aromatic N) is 1. The molecular formula is C16H17FN2O. The zero-order chi connectivity index (χ0) is 14.5. The summed E-state index contributed by atoms with van der Waals surface area (Å²) in [4.78, 5) is 16.2. The van der Waals surface area contributed by atoms with Crippen LogP contribution in [0.1, 0.15) is 27.2 Å². The van der Waals surface area contributed by atoms with E-state index in [1.165, 1.54) is 6.07 Å². The first kappa shape index (κ1) is 14.2. The van der Waals surface area contributed by atoms with Crippen molar-refractivity contribution in [2.75, 3.05) is 6.54 Å². The average Bonchev–Trinajstić information content (AvgIpc) is 2.44. The first-order valence-electron chi connectivity index (χ1n) is 6.53. The van der Waals surface area contributed by atoms with Gasteiger partial charge in [0.1, 0.15) is 5.82 Å². The number of carbonyl (C=O) groups is 1. The van der Waals surface area contributed by atoms with E-state index in [0.29, 0.717) is 24.1 Å². The van der Waals surface area contributed by atoms with Gasteiger partial charge in [-0.2, -0.15) is 0 Å². The first-order valence-corrected chi connectivity index (χ1v) is 6.53. The SMILES string of the molecule is Cc1nccc(C(=O)NCCc2ccccc2F)c1C. The predicted molar refractivity (Wildman–Crippen MR) is 76.1 cm³/mol. The molecule has 1 heterocycles. The highest BCUT2D eigenvalue weighted by Gasteiger charge is 2.10. The fourth-order valence-corrected chi connectivity index (χ4v) is 1.99. The van der Waals surface area contributed by atoms with Gasteiger partial charge in [-0.15, -0.1) is 0 Å². The second-order valence-electron chi connectivity index (χ2n) is 4.67. The fourth-order valence-electron chi connectivity index (χ4n) is 1.99. The van der Waals surface area contributed by atoms with Crippen LogP contribution in [0, 0.1) is 19.7 Å². The number of halogens is 1. The number of aromatic nitrogens is 1. The van der Waals surface area contributed by atoms with Crippen molar-refractivity contribution in [3.8, 4) is 0 Å². The summed E-state index contributed by atoms with van der Waals surface area (Å²) in [6, 6.07) is 8.29. The summed E-state index contributed by atoms with van der Waals surface area (Å²) in [5, 5.41) is 2.81. The van der Waals surface area contributed by atoms with Gasteiger partial charge in [0, 0.05) is 24.0 Å². The summed E-state index contributed by atoms with van der Waals surface area (Å²) in [7, 11) is 0. The normalized spacial score (nSPS) is 10.3. The largest absolute Gasteiger partial charge is 0.352 e. The minimum Gasteiger partial charge on any atom is -0.352 e. The maximum atomic E-state index is 13.4. The van der Waals surface area contributed by atoms with E-state index in [4.69, 9.17) is 0 Å². The van der Waals surface area contributed by atoms with Crippen LogP contribution in [0.5, 0.6) is 0 Å². The Bertz CT molecular complexity index is 626. The number of amides is 1. The van der Waals surface area contributed by atoms with E-state index >= 15 is 0 Å². The molecular weight excluding hydrogens is 255 g/mol. The second-order valence-corrected chi connectivity index (χ2v) is 4.67. The van der Waals surface area contributed by atoms with Crippen molar-refractivity contribution in [2.24, 2.45) is 0 Å². The lowest BCUT2D eigenvalue weighted by Gasteiger charge is -2.09. The van der Waals surface area contributed by atoms with Gasteiger partial charge in [0.05, 0.1) is 0 Å². The third kappa shape index (κ3) is 3.20. The summed E-state index contributed by atoms with van der Waals surface area (Å²) in [5.74, 6) is -0.387. The summed E-state index contributed by atoms with van der Waals surface area (Å²) in [6.45, 7) is 4.14. The lowest BCUT2D eigenvalue weighted by molar-refractivity contribution is 0.0953. The Labute approximate surface area is 117 Å². The van der Waals surface area contributed by atoms with E-state index in [0.717, 1.165) is 11.3 Å². The van der Waals surface area contributed by atoms with E-state index in [2.05, 4.69) is 10.3 Å². The molecule has 0 saturated carbocycles. The number of hydrogen-bond acceptors (Lipinski definition) is 2. The van der Waals surface area contributed by atoms with Gasteiger partial charge in [-0.1, -0.05) is 18.2 Å². The highest BCUT2D eigenvalue weighted by Crippen LogP contribution is 2.10. The second kappa shape index (κ2) is 6.28. The Balaban J connectivity index is 1.96. The smallest absolute Gasteiger partial charge is 0.251 e. The molecule has 0 radical (unpaired) electrons. The first-order chi connectivity index (χ1) is 9.59. The molecule has 1 aromatic heterocycles. The highest BCUT2D eigenvalue weighted by molar-refractivity contribution is 5.95. The van der Waals surface area contributed by atoms with E-state index in [9.17, 15) is 9.18 Å². The number of hydrogen-bond donors (Lipinski definition) is 1. The predicted octanol–water partition coefficient (Wildman–Crippen LogP) is 2.81. The molecule has 0 atom stereocenters. The Hall–Kier alpha value is -2.23. The summed E-state index contributed by atoms with van der Waals surface area (Å²) in [5.41, 5.74) is 2.93. The molecule has 1 amide bonds. The molecule has 1 aromatic carbocycles. The maximum absolute atomic E-state index is 13.4. The lowest BCUT2D eigenvalue weighted by atomic mass is 10.1. The van der Waals surface area contributed by atoms with E-state index in [1.807, 2.05) is 13.8 Å². The van der Waals surface area contributed by atoms with Gasteiger partial charge < -0.3 is 5.32 Å². The number of carbonyl (C=O) groups excluding carboxylic acids is 1. The summed E-state index contributed by atoms with van der Waals surface area (Å²) >= 11 is 0. The van der Waals surface area contributed by atoms with Crippen LogP contribution in [-0.2, 0) is 6.42 Å². The number of benzene rings is 1. The van der Waals surface area contributed by atoms with Crippen LogP contribution in [0.2, 0.25) is 0 Å². The van der Waals surface area contributed by atoms with Crippen molar-refractivity contribution in [2.45, 2.75) is 20.3 Å². The molecule has 0 aliphatic carbocycles. The Morgan fingerprint density at radius 2 is 2.00 bits per heavy atom. The van der Waals surface area contributed by atoms with Gasteiger partial charge in [-0.3, -0.25) is 9.78 Å². The van der Waals surface area contributed by atoms with Gasteiger partial charge >= 0.3 is 0 Å². The van der Waals surface area contributed by atoms with Crippen molar-refractivity contribution < 1.29 is 9.18 Å². The van der Waals surface area contributed by atoms with Crippen LogP contribution in [0.15, 0.2) is 36.5 Å². The fraction of sp³-hybridized carbons (Fsp3) is 0.250. The number of nitrogens with one attached hydrogen (secondary N) is 1. The summed E-state index contributed by atoms with van der Waals surface area (Å²) < 4.78 is 13.4. The molecule has 4 heteroatoms. The van der Waals surface area contributed by atoms with Crippen LogP contribution >= 0.6 is 0 Å². The molecule has 0 saturated heterocycles. The van der Waals surface area contributed by atoms with Gasteiger partial charge in [0.25, 0.3) is 5.91 Å². The van der Waals surface area contributed by atoms with E-state index in [-0.39, 0.29) is 11.7 Å². The quantitative estimate of drug-likeness (QED) is 0.930. The third-order valence-corrected chi connectivity index (χ3v) is 3.34. The van der Waals surface area contributed by atoms with Crippen molar-refractivity contribution in [1.82, 2.24) is 10.3 Å². The van der Waals surface area contributed by atoms with Crippen LogP contribution in [0.3, 0.4) is 0 Å². The molecule has 0 fully saturated rings. The molecule has 1 N–H and O–H groups in total. The maximum Gasteiger partial charge on any atom is 0.251 e. The zero-order valence-corrected chi connectivity index (χ0v) is 11.6. The number of pyridine rings is 1. The third-order valence-electron chi connectivity index (χ3n) is 3.34. The molecule has 0 bridgehead atoms. The van der Waals surface area contributed by atoms with Gasteiger partial charge in [0.2, 0.25) is 0 Å². The molecule has 0 spiro atoms. The minimum absolute atomic E-state index is 0.149. The van der Waals surface area contributed by atoms with Crippen LogP contribution in [0.4, 0.5) is 4.39 Å². The molecule has 0 aliphatic heterocycles. The molecule has 20 heavy (non-hydrogen) atoms. The van der Waals surface area contributed by atoms with Gasteiger partial charge in [-0.05, 0) is 43.5 Å². The van der Waals surface area contributed by atoms with Gasteiger partial charge in [-0.25, -0.2) is 4.39 Å². The van der Waals surface area contributed by atoms with Crippen molar-refractivity contribution >= 4 is 5.91 Å². The van der Waals surface area contributed by atoms with Crippen molar-refractivity contribution in [3.63, 3.8) is 0 Å². The molecule has 3 nitrogen and oxygen atoms in total. The molecule has 104 valence electrons. The molecule has 0 unspecified atom stereocenters. The minimum atomic E-state index is -0.238. The van der Waals surface area contributed by atoms with Crippen LogP contribution < -0.4 is 5.32 Å². The molecule has 0 aliphatic rings. The standard InChI is InChI=1S/C16H17FN2O/c1-11-12(2)18-10-8-14(11)16(20)19-9-7-13-5-3-4-6-15(13)17/h3-6,8,10H,7,9H2,1-2H3,(H,19,20). The van der Waals surface area contributed by atoms with E-state index < -0.39 is 0 Å². The van der Waals surface area contributed by atoms with Crippen LogP contribution in [-0.4, -0.2) is 17.4 Å². The van der Waals surface area contributed by atoms with Crippen molar-refractivity contribution in [3.05, 3.63) is 64.7 Å². The number of aryl methyl sites for hydroxylation is 1. The van der Waals surface area contributed by atoms with E-state index in [1.54, 1.807) is 30.5 Å². The van der Waals surface area contributed by atoms with Crippen LogP contribution in [0.25, 0.3) is 0 Å².